The topological polar surface area (TPSA) is 22.2 Å². The summed E-state index contributed by atoms with van der Waals surface area (Å²) in [6, 6.07) is 32.7. The first kappa shape index (κ1) is 38.4. The van der Waals surface area contributed by atoms with E-state index >= 15 is 0 Å². The average Bonchev–Trinajstić information content (AvgIpc) is 3.81. The molecule has 5 aromatic carbocycles. The highest BCUT2D eigenvalue weighted by Crippen LogP contribution is 2.68. The van der Waals surface area contributed by atoms with Crippen molar-refractivity contribution >= 4 is 22.7 Å². The van der Waals surface area contributed by atoms with Gasteiger partial charge < -0.3 is 24.3 Å². The number of ether oxygens (including phenoxy) is 1. The Hall–Kier alpha value is -5.16. The van der Waals surface area contributed by atoms with E-state index in [9.17, 15) is 0 Å². The molecule has 9 rings (SSSR count). The standard InChI is InChI=1S/C53H62N4O/c1-49(2,3)33-25-38-39-26-34(50(4,5)6)28-43(52(10,11)12)47(39)53(46(38)42(27-33)51(7,8)9)40-22-21-37(58-36-18-15-17-35(29-36)56-24-23-54(13)31-56)30-45(40)57-32-55(14)44-20-16-19-41(53)48(44)57/h15-30H,31-32H2,1-14H3. The third kappa shape index (κ3) is 5.70. The monoisotopic (exact) mass is 770 g/mol. The van der Waals surface area contributed by atoms with Gasteiger partial charge in [0.25, 0.3) is 0 Å². The first-order valence-corrected chi connectivity index (χ1v) is 21.2. The van der Waals surface area contributed by atoms with Gasteiger partial charge in [-0.2, -0.15) is 0 Å². The number of hydrogen-bond acceptors (Lipinski definition) is 5. The number of anilines is 4. The fourth-order valence-electron chi connectivity index (χ4n) is 10.0. The van der Waals surface area contributed by atoms with Gasteiger partial charge >= 0.3 is 0 Å². The molecule has 5 aromatic rings. The van der Waals surface area contributed by atoms with Gasteiger partial charge in [0.2, 0.25) is 0 Å². The van der Waals surface area contributed by atoms with Gasteiger partial charge in [-0.3, -0.25) is 0 Å². The van der Waals surface area contributed by atoms with Crippen LogP contribution in [0.5, 0.6) is 11.5 Å². The SMILES string of the molecule is CN1C=CN(c2cccc(Oc3ccc4c(c3)N3CN(C)c5cccc(c53)C43c4c(cc(C(C)(C)C)cc4C(C)(C)C)-c4cc(C(C)(C)C)cc(C(C)(C)C)c43)c2)C1. The molecule has 5 heteroatoms. The van der Waals surface area contributed by atoms with E-state index in [-0.39, 0.29) is 21.7 Å². The van der Waals surface area contributed by atoms with Gasteiger partial charge in [0, 0.05) is 44.3 Å². The van der Waals surface area contributed by atoms with E-state index in [2.05, 4.69) is 214 Å². The first-order chi connectivity index (χ1) is 27.1. The predicted molar refractivity (Wildman–Crippen MR) is 245 cm³/mol. The lowest BCUT2D eigenvalue weighted by atomic mass is 9.59. The van der Waals surface area contributed by atoms with Crippen molar-refractivity contribution in [3.63, 3.8) is 0 Å². The number of benzene rings is 5. The highest BCUT2D eigenvalue weighted by atomic mass is 16.5. The molecule has 0 fully saturated rings. The van der Waals surface area contributed by atoms with Gasteiger partial charge in [-0.25, -0.2) is 0 Å². The lowest BCUT2D eigenvalue weighted by Crippen LogP contribution is -2.40. The molecule has 0 saturated carbocycles. The highest BCUT2D eigenvalue weighted by Gasteiger charge is 2.57. The van der Waals surface area contributed by atoms with Crippen LogP contribution < -0.4 is 19.4 Å². The molecule has 0 aromatic heterocycles. The van der Waals surface area contributed by atoms with Gasteiger partial charge in [0.05, 0.1) is 35.8 Å². The molecule has 1 aliphatic carbocycles. The third-order valence-corrected chi connectivity index (χ3v) is 13.0. The number of nitrogens with zero attached hydrogens (tertiary/aromatic N) is 4. The predicted octanol–water partition coefficient (Wildman–Crippen LogP) is 13.1. The molecule has 1 spiro atoms. The Balaban J connectivity index is 1.39. The summed E-state index contributed by atoms with van der Waals surface area (Å²) in [5, 5.41) is 0. The average molecular weight is 771 g/mol. The lowest BCUT2D eigenvalue weighted by Gasteiger charge is -2.46. The van der Waals surface area contributed by atoms with Crippen molar-refractivity contribution in [2.45, 2.75) is 110 Å². The largest absolute Gasteiger partial charge is 0.457 e. The zero-order chi connectivity index (χ0) is 41.5. The molecule has 0 bridgehead atoms. The zero-order valence-corrected chi connectivity index (χ0v) is 37.3. The molecule has 58 heavy (non-hydrogen) atoms. The van der Waals surface area contributed by atoms with Crippen molar-refractivity contribution in [2.75, 3.05) is 42.1 Å². The van der Waals surface area contributed by atoms with Crippen LogP contribution in [-0.2, 0) is 27.1 Å². The van der Waals surface area contributed by atoms with E-state index < -0.39 is 5.41 Å². The minimum Gasteiger partial charge on any atom is -0.457 e. The van der Waals surface area contributed by atoms with Crippen LogP contribution >= 0.6 is 0 Å². The minimum absolute atomic E-state index is 0.0258. The van der Waals surface area contributed by atoms with Crippen molar-refractivity contribution in [3.05, 3.63) is 142 Å². The highest BCUT2D eigenvalue weighted by molar-refractivity contribution is 6.00. The number of rotatable bonds is 3. The van der Waals surface area contributed by atoms with E-state index in [4.69, 9.17) is 4.74 Å². The normalized spacial score (nSPS) is 16.6. The molecule has 0 N–H and O–H groups in total. The summed E-state index contributed by atoms with van der Waals surface area (Å²) in [4.78, 5) is 9.39. The van der Waals surface area contributed by atoms with Crippen molar-refractivity contribution in [2.24, 2.45) is 0 Å². The zero-order valence-electron chi connectivity index (χ0n) is 37.3. The Morgan fingerprint density at radius 1 is 0.534 bits per heavy atom. The molecule has 0 amide bonds. The molecule has 0 atom stereocenters. The summed E-state index contributed by atoms with van der Waals surface area (Å²) in [6.45, 7) is 30.3. The summed E-state index contributed by atoms with van der Waals surface area (Å²) in [6.07, 6.45) is 4.23. The maximum absolute atomic E-state index is 6.84. The molecule has 0 unspecified atom stereocenters. The van der Waals surface area contributed by atoms with E-state index in [1.807, 2.05) is 0 Å². The molecule has 4 aliphatic rings. The van der Waals surface area contributed by atoms with E-state index in [0.717, 1.165) is 30.5 Å². The van der Waals surface area contributed by atoms with Crippen LogP contribution in [0.15, 0.2) is 97.3 Å². The summed E-state index contributed by atoms with van der Waals surface area (Å²) >= 11 is 0. The molecule has 0 saturated heterocycles. The van der Waals surface area contributed by atoms with Crippen LogP contribution in [0.4, 0.5) is 22.7 Å². The molecule has 0 radical (unpaired) electrons. The number of fused-ring (bicyclic) bond motifs is 9. The quantitative estimate of drug-likeness (QED) is 0.178. The van der Waals surface area contributed by atoms with Crippen molar-refractivity contribution in [3.8, 4) is 22.6 Å². The Labute approximate surface area is 347 Å². The van der Waals surface area contributed by atoms with Crippen LogP contribution in [0.1, 0.15) is 128 Å². The summed E-state index contributed by atoms with van der Waals surface area (Å²) in [7, 11) is 4.33. The second kappa shape index (κ2) is 12.4. The van der Waals surface area contributed by atoms with Crippen LogP contribution in [0, 0.1) is 0 Å². The van der Waals surface area contributed by atoms with Crippen molar-refractivity contribution in [1.82, 2.24) is 4.90 Å². The number of para-hydroxylation sites is 1. The van der Waals surface area contributed by atoms with Crippen LogP contribution in [0.3, 0.4) is 0 Å². The van der Waals surface area contributed by atoms with Gasteiger partial charge in [0.15, 0.2) is 0 Å². The Morgan fingerprint density at radius 3 is 1.67 bits per heavy atom. The molecule has 3 aliphatic heterocycles. The Morgan fingerprint density at radius 2 is 1.12 bits per heavy atom. The van der Waals surface area contributed by atoms with Gasteiger partial charge in [-0.05, 0) is 102 Å². The third-order valence-electron chi connectivity index (χ3n) is 13.0. The molecule has 3 heterocycles. The Kier molecular flexibility index (Phi) is 8.22. The molecular weight excluding hydrogens is 709 g/mol. The first-order valence-electron chi connectivity index (χ1n) is 21.2. The second-order valence-corrected chi connectivity index (χ2v) is 21.5. The number of hydrogen-bond donors (Lipinski definition) is 0. The minimum atomic E-state index is -0.572. The summed E-state index contributed by atoms with van der Waals surface area (Å²) < 4.78 is 6.84. The fraction of sp³-hybridized carbons (Fsp3) is 0.396. The summed E-state index contributed by atoms with van der Waals surface area (Å²) in [5.41, 5.74) is 18.0. The van der Waals surface area contributed by atoms with Gasteiger partial charge in [-0.15, -0.1) is 0 Å². The molecule has 5 nitrogen and oxygen atoms in total. The lowest BCUT2D eigenvalue weighted by molar-refractivity contribution is 0.480. The van der Waals surface area contributed by atoms with E-state index in [1.165, 1.54) is 72.7 Å². The van der Waals surface area contributed by atoms with E-state index in [0.29, 0.717) is 0 Å². The molecular formula is C53H62N4O. The smallest absolute Gasteiger partial charge is 0.129 e. The fourth-order valence-corrected chi connectivity index (χ4v) is 10.0. The van der Waals surface area contributed by atoms with Crippen LogP contribution in [-0.4, -0.2) is 32.3 Å². The molecule has 300 valence electrons. The van der Waals surface area contributed by atoms with Gasteiger partial charge in [-0.1, -0.05) is 132 Å². The van der Waals surface area contributed by atoms with Gasteiger partial charge in [0.1, 0.15) is 11.5 Å². The van der Waals surface area contributed by atoms with E-state index in [1.54, 1.807) is 0 Å². The van der Waals surface area contributed by atoms with Crippen LogP contribution in [0.2, 0.25) is 0 Å². The maximum Gasteiger partial charge on any atom is 0.129 e. The van der Waals surface area contributed by atoms with Crippen molar-refractivity contribution < 1.29 is 4.74 Å². The van der Waals surface area contributed by atoms with Crippen LogP contribution in [0.25, 0.3) is 11.1 Å². The van der Waals surface area contributed by atoms with Crippen molar-refractivity contribution in [1.29, 1.82) is 0 Å². The summed E-state index contributed by atoms with van der Waals surface area (Å²) in [5.74, 6) is 1.67. The maximum atomic E-state index is 6.84. The second-order valence-electron chi connectivity index (χ2n) is 21.5. The Bertz CT molecular complexity index is 2450.